The number of rotatable bonds is 3. The Bertz CT molecular complexity index is 1140. The van der Waals surface area contributed by atoms with Gasteiger partial charge in [-0.25, -0.2) is 14.6 Å². The van der Waals surface area contributed by atoms with Gasteiger partial charge in [-0.05, 0) is 30.3 Å². The number of esters is 2. The first-order valence-electron chi connectivity index (χ1n) is 7.79. The number of fused-ring (bicyclic) bond motifs is 3. The molecular weight excluding hydrogens is 352 g/mol. The first-order chi connectivity index (χ1) is 12.6. The number of hydrogen-bond donors (Lipinski definition) is 0. The van der Waals surface area contributed by atoms with Crippen LogP contribution in [-0.4, -0.2) is 35.5 Å². The van der Waals surface area contributed by atoms with E-state index in [0.717, 1.165) is 26.4 Å². The van der Waals surface area contributed by atoms with Gasteiger partial charge in [0, 0.05) is 11.8 Å². The Morgan fingerprint density at radius 2 is 1.62 bits per heavy atom. The van der Waals surface area contributed by atoms with Gasteiger partial charge >= 0.3 is 11.9 Å². The van der Waals surface area contributed by atoms with Crippen molar-refractivity contribution in [3.05, 3.63) is 59.8 Å². The van der Waals surface area contributed by atoms with Gasteiger partial charge in [-0.3, -0.25) is 4.40 Å². The monoisotopic (exact) mass is 366 g/mol. The third-order valence-corrected chi connectivity index (χ3v) is 5.13. The van der Waals surface area contributed by atoms with Gasteiger partial charge in [-0.1, -0.05) is 23.5 Å². The zero-order valence-corrected chi connectivity index (χ0v) is 14.9. The van der Waals surface area contributed by atoms with Gasteiger partial charge in [0.2, 0.25) is 0 Å². The van der Waals surface area contributed by atoms with Crippen molar-refractivity contribution < 1.29 is 19.1 Å². The van der Waals surface area contributed by atoms with Gasteiger partial charge in [0.15, 0.2) is 4.96 Å². The van der Waals surface area contributed by atoms with Crippen molar-refractivity contribution in [3.8, 4) is 11.3 Å². The summed E-state index contributed by atoms with van der Waals surface area (Å²) in [6.07, 6.45) is 1.94. The van der Waals surface area contributed by atoms with Gasteiger partial charge < -0.3 is 9.47 Å². The normalized spacial score (nSPS) is 11.0. The predicted molar refractivity (Wildman–Crippen MR) is 98.7 cm³/mol. The summed E-state index contributed by atoms with van der Waals surface area (Å²) in [5.41, 5.74) is 3.71. The molecule has 0 aliphatic heterocycles. The minimum Gasteiger partial charge on any atom is -0.465 e. The number of carbonyl (C=O) groups is 2. The Labute approximate surface area is 152 Å². The van der Waals surface area contributed by atoms with Crippen molar-refractivity contribution in [2.24, 2.45) is 0 Å². The quantitative estimate of drug-likeness (QED) is 0.516. The van der Waals surface area contributed by atoms with Crippen molar-refractivity contribution in [3.63, 3.8) is 0 Å². The molecule has 0 aliphatic carbocycles. The summed E-state index contributed by atoms with van der Waals surface area (Å²) in [5, 5.41) is 0. The third-order valence-electron chi connectivity index (χ3n) is 4.12. The number of benzene rings is 2. The Hall–Kier alpha value is -3.19. The van der Waals surface area contributed by atoms with E-state index in [4.69, 9.17) is 9.47 Å². The smallest absolute Gasteiger partial charge is 0.337 e. The highest BCUT2D eigenvalue weighted by atomic mass is 32.1. The van der Waals surface area contributed by atoms with E-state index in [9.17, 15) is 9.59 Å². The van der Waals surface area contributed by atoms with E-state index in [-0.39, 0.29) is 11.9 Å². The molecule has 0 atom stereocenters. The number of aromatic nitrogens is 2. The lowest BCUT2D eigenvalue weighted by molar-refractivity contribution is 0.0592. The molecule has 2 aromatic heterocycles. The van der Waals surface area contributed by atoms with Crippen LogP contribution in [0.3, 0.4) is 0 Å². The second-order valence-corrected chi connectivity index (χ2v) is 6.63. The molecule has 0 bridgehead atoms. The van der Waals surface area contributed by atoms with Gasteiger partial charge in [0.25, 0.3) is 0 Å². The molecule has 4 rings (SSSR count). The SMILES string of the molecule is COC(=O)c1ccc(-c2cn3c(n2)sc2cc(C(=O)OC)ccc23)cc1. The third kappa shape index (κ3) is 2.62. The minimum absolute atomic E-state index is 0.357. The number of carbonyl (C=O) groups excluding carboxylic acids is 2. The van der Waals surface area contributed by atoms with Crippen LogP contribution in [0.15, 0.2) is 48.7 Å². The van der Waals surface area contributed by atoms with Gasteiger partial charge in [-0.15, -0.1) is 0 Å². The Morgan fingerprint density at radius 3 is 2.31 bits per heavy atom. The Morgan fingerprint density at radius 1 is 0.962 bits per heavy atom. The lowest BCUT2D eigenvalue weighted by Crippen LogP contribution is -2.00. The van der Waals surface area contributed by atoms with E-state index in [1.807, 2.05) is 34.9 Å². The molecule has 0 saturated carbocycles. The molecule has 2 aromatic carbocycles. The van der Waals surface area contributed by atoms with Gasteiger partial charge in [-0.2, -0.15) is 0 Å². The van der Waals surface area contributed by atoms with E-state index in [1.165, 1.54) is 25.6 Å². The first-order valence-corrected chi connectivity index (χ1v) is 8.61. The predicted octanol–water partition coefficient (Wildman–Crippen LogP) is 3.79. The zero-order valence-electron chi connectivity index (χ0n) is 14.1. The fourth-order valence-electron chi connectivity index (χ4n) is 2.78. The second kappa shape index (κ2) is 6.27. The van der Waals surface area contributed by atoms with Crippen LogP contribution in [0.2, 0.25) is 0 Å². The lowest BCUT2D eigenvalue weighted by atomic mass is 10.1. The second-order valence-electron chi connectivity index (χ2n) is 5.62. The summed E-state index contributed by atoms with van der Waals surface area (Å²) in [5.74, 6) is -0.723. The summed E-state index contributed by atoms with van der Waals surface area (Å²) in [7, 11) is 2.72. The fourth-order valence-corrected chi connectivity index (χ4v) is 3.83. The molecule has 0 spiro atoms. The molecule has 0 aliphatic rings. The maximum atomic E-state index is 11.7. The van der Waals surface area contributed by atoms with Crippen molar-refractivity contribution in [1.29, 1.82) is 0 Å². The average Bonchev–Trinajstić information content (AvgIpc) is 3.24. The highest BCUT2D eigenvalue weighted by Gasteiger charge is 2.13. The molecule has 7 heteroatoms. The highest BCUT2D eigenvalue weighted by Crippen LogP contribution is 2.30. The van der Waals surface area contributed by atoms with Crippen molar-refractivity contribution >= 4 is 38.5 Å². The maximum absolute atomic E-state index is 11.7. The van der Waals surface area contributed by atoms with E-state index < -0.39 is 0 Å². The summed E-state index contributed by atoms with van der Waals surface area (Å²) in [6, 6.07) is 12.6. The first kappa shape index (κ1) is 16.3. The maximum Gasteiger partial charge on any atom is 0.337 e. The molecule has 130 valence electrons. The fraction of sp³-hybridized carbons (Fsp3) is 0.105. The van der Waals surface area contributed by atoms with Crippen LogP contribution in [0, 0.1) is 0 Å². The molecule has 2 heterocycles. The average molecular weight is 366 g/mol. The number of methoxy groups -OCH3 is 2. The molecule has 0 N–H and O–H groups in total. The number of hydrogen-bond acceptors (Lipinski definition) is 6. The largest absolute Gasteiger partial charge is 0.465 e. The molecule has 0 amide bonds. The van der Waals surface area contributed by atoms with Crippen LogP contribution in [0.25, 0.3) is 26.4 Å². The number of thiazole rings is 1. The summed E-state index contributed by atoms with van der Waals surface area (Å²) in [6.45, 7) is 0. The van der Waals surface area contributed by atoms with Crippen molar-refractivity contribution in [1.82, 2.24) is 9.38 Å². The lowest BCUT2D eigenvalue weighted by Gasteiger charge is -2.00. The van der Waals surface area contributed by atoms with E-state index >= 15 is 0 Å². The zero-order chi connectivity index (χ0) is 18.3. The molecule has 26 heavy (non-hydrogen) atoms. The van der Waals surface area contributed by atoms with E-state index in [2.05, 4.69) is 4.98 Å². The highest BCUT2D eigenvalue weighted by molar-refractivity contribution is 7.23. The molecule has 0 saturated heterocycles. The molecule has 0 unspecified atom stereocenters. The number of ether oxygens (including phenoxy) is 2. The summed E-state index contributed by atoms with van der Waals surface area (Å²) in [4.78, 5) is 28.7. The van der Waals surface area contributed by atoms with Crippen molar-refractivity contribution in [2.45, 2.75) is 0 Å². The standard InChI is InChI=1S/C19H14N2O4S/c1-24-17(22)12-5-3-11(4-6-12)14-10-21-15-8-7-13(18(23)25-2)9-16(15)26-19(21)20-14/h3-10H,1-2H3. The van der Waals surface area contributed by atoms with Crippen LogP contribution < -0.4 is 0 Å². The van der Waals surface area contributed by atoms with Crippen LogP contribution in [-0.2, 0) is 9.47 Å². The van der Waals surface area contributed by atoms with Crippen molar-refractivity contribution in [2.75, 3.05) is 14.2 Å². The Kier molecular flexibility index (Phi) is 3.93. The number of nitrogens with zero attached hydrogens (tertiary/aromatic N) is 2. The Balaban J connectivity index is 1.74. The van der Waals surface area contributed by atoms with Crippen LogP contribution >= 0.6 is 11.3 Å². The topological polar surface area (TPSA) is 69.9 Å². The molecule has 0 radical (unpaired) electrons. The molecule has 6 nitrogen and oxygen atoms in total. The number of imidazole rings is 1. The summed E-state index contributed by atoms with van der Waals surface area (Å²) >= 11 is 1.50. The minimum atomic E-state index is -0.366. The molecule has 0 fully saturated rings. The van der Waals surface area contributed by atoms with Crippen LogP contribution in [0.1, 0.15) is 20.7 Å². The molecular formula is C19H14N2O4S. The van der Waals surface area contributed by atoms with Gasteiger partial charge in [0.1, 0.15) is 0 Å². The van der Waals surface area contributed by atoms with Crippen LogP contribution in [0.4, 0.5) is 0 Å². The molecule has 4 aromatic rings. The summed E-state index contributed by atoms with van der Waals surface area (Å²) < 4.78 is 12.4. The van der Waals surface area contributed by atoms with Gasteiger partial charge in [0.05, 0.1) is 41.3 Å². The van der Waals surface area contributed by atoms with Crippen LogP contribution in [0.5, 0.6) is 0 Å². The van der Waals surface area contributed by atoms with E-state index in [1.54, 1.807) is 18.2 Å². The van der Waals surface area contributed by atoms with E-state index in [0.29, 0.717) is 11.1 Å².